The van der Waals surface area contributed by atoms with Crippen LogP contribution in [0.2, 0.25) is 15.1 Å². The Morgan fingerprint density at radius 2 is 1.76 bits per heavy atom. The number of thioether (sulfide) groups is 1. The minimum Gasteiger partial charge on any atom is -0.490 e. The zero-order valence-corrected chi connectivity index (χ0v) is 21.1. The Labute approximate surface area is 216 Å². The second-order valence-corrected chi connectivity index (χ2v) is 9.35. The highest BCUT2D eigenvalue weighted by molar-refractivity contribution is 8.18. The van der Waals surface area contributed by atoms with Crippen molar-refractivity contribution in [2.45, 2.75) is 13.5 Å². The monoisotopic (exact) mass is 532 g/mol. The molecule has 0 atom stereocenters. The number of ether oxygens (including phenoxy) is 2. The lowest BCUT2D eigenvalue weighted by Gasteiger charge is -2.13. The van der Waals surface area contributed by atoms with Crippen molar-refractivity contribution < 1.29 is 14.3 Å². The van der Waals surface area contributed by atoms with Crippen LogP contribution in [-0.2, 0) is 11.4 Å². The molecule has 1 fully saturated rings. The van der Waals surface area contributed by atoms with Crippen molar-refractivity contribution in [1.29, 1.82) is 0 Å². The van der Waals surface area contributed by atoms with Crippen LogP contribution in [0.4, 0.5) is 5.69 Å². The van der Waals surface area contributed by atoms with Crippen LogP contribution in [0.3, 0.4) is 0 Å². The minimum atomic E-state index is -0.235. The summed E-state index contributed by atoms with van der Waals surface area (Å²) in [7, 11) is 0. The summed E-state index contributed by atoms with van der Waals surface area (Å²) in [5.41, 5.74) is 2.27. The number of rotatable bonds is 7. The van der Waals surface area contributed by atoms with Gasteiger partial charge in [-0.05, 0) is 66.7 Å². The molecule has 1 amide bonds. The number of amides is 1. The van der Waals surface area contributed by atoms with Gasteiger partial charge in [-0.25, -0.2) is 4.99 Å². The molecule has 3 aromatic carbocycles. The molecule has 0 radical (unpaired) electrons. The van der Waals surface area contributed by atoms with E-state index in [1.807, 2.05) is 49.4 Å². The van der Waals surface area contributed by atoms with Gasteiger partial charge >= 0.3 is 0 Å². The largest absolute Gasteiger partial charge is 0.490 e. The van der Waals surface area contributed by atoms with Crippen LogP contribution in [0.1, 0.15) is 18.1 Å². The maximum Gasteiger partial charge on any atom is 0.264 e. The molecule has 0 aliphatic carbocycles. The molecule has 0 spiro atoms. The molecule has 0 bridgehead atoms. The fourth-order valence-corrected chi connectivity index (χ4v) is 4.40. The Morgan fingerprint density at radius 3 is 2.53 bits per heavy atom. The van der Waals surface area contributed by atoms with E-state index in [1.54, 1.807) is 24.3 Å². The molecule has 1 aliphatic rings. The van der Waals surface area contributed by atoms with Gasteiger partial charge in [-0.1, -0.05) is 59.1 Å². The van der Waals surface area contributed by atoms with Gasteiger partial charge in [0.05, 0.1) is 27.2 Å². The number of nitrogens with zero attached hydrogens (tertiary/aromatic N) is 1. The molecule has 1 heterocycles. The number of hydrogen-bond donors (Lipinski definition) is 1. The standard InChI is InChI=1S/C25H19Cl3N2O3S/c1-2-32-22-11-15(7-10-21(22)33-14-16-5-3-4-6-18(16)26)12-23-24(31)30-25(34-23)29-17-8-9-19(27)20(28)13-17/h3-13H,2,14H2,1H3,(H,29,30,31). The van der Waals surface area contributed by atoms with E-state index in [2.05, 4.69) is 10.3 Å². The van der Waals surface area contributed by atoms with Gasteiger partial charge in [-0.3, -0.25) is 4.79 Å². The first-order valence-corrected chi connectivity index (χ1v) is 12.3. The Hall–Kier alpha value is -2.64. The number of halogens is 3. The average molecular weight is 534 g/mol. The fraction of sp³-hybridized carbons (Fsp3) is 0.120. The van der Waals surface area contributed by atoms with E-state index in [9.17, 15) is 4.79 Å². The number of nitrogens with one attached hydrogen (secondary N) is 1. The summed E-state index contributed by atoms with van der Waals surface area (Å²) in [4.78, 5) is 17.4. The summed E-state index contributed by atoms with van der Waals surface area (Å²) in [5, 5.41) is 4.70. The van der Waals surface area contributed by atoms with Gasteiger partial charge < -0.3 is 14.8 Å². The Morgan fingerprint density at radius 1 is 0.941 bits per heavy atom. The fourth-order valence-electron chi connectivity index (χ4n) is 3.08. The topological polar surface area (TPSA) is 59.9 Å². The second-order valence-electron chi connectivity index (χ2n) is 7.10. The van der Waals surface area contributed by atoms with Crippen molar-refractivity contribution in [1.82, 2.24) is 5.32 Å². The summed E-state index contributed by atoms with van der Waals surface area (Å²) in [6.45, 7) is 2.68. The molecule has 0 unspecified atom stereocenters. The van der Waals surface area contributed by atoms with E-state index in [-0.39, 0.29) is 5.91 Å². The van der Waals surface area contributed by atoms with Crippen molar-refractivity contribution in [2.75, 3.05) is 6.61 Å². The van der Waals surface area contributed by atoms with E-state index in [1.165, 1.54) is 11.8 Å². The van der Waals surface area contributed by atoms with Crippen LogP contribution < -0.4 is 14.8 Å². The van der Waals surface area contributed by atoms with Crippen molar-refractivity contribution in [3.63, 3.8) is 0 Å². The van der Waals surface area contributed by atoms with Crippen LogP contribution >= 0.6 is 46.6 Å². The predicted octanol–water partition coefficient (Wildman–Crippen LogP) is 7.52. The first kappa shape index (κ1) is 24.5. The number of carbonyl (C=O) groups excluding carboxylic acids is 1. The summed E-state index contributed by atoms with van der Waals surface area (Å²) in [6.07, 6.45) is 1.78. The average Bonchev–Trinajstić information content (AvgIpc) is 3.15. The molecule has 1 saturated heterocycles. The van der Waals surface area contributed by atoms with E-state index in [0.717, 1.165) is 11.1 Å². The number of amidine groups is 1. The lowest BCUT2D eigenvalue weighted by Crippen LogP contribution is -2.19. The van der Waals surface area contributed by atoms with Crippen molar-refractivity contribution >= 4 is 69.4 Å². The molecular weight excluding hydrogens is 515 g/mol. The molecule has 1 aliphatic heterocycles. The molecule has 5 nitrogen and oxygen atoms in total. The number of benzene rings is 3. The highest BCUT2D eigenvalue weighted by Crippen LogP contribution is 2.34. The highest BCUT2D eigenvalue weighted by Gasteiger charge is 2.24. The summed E-state index contributed by atoms with van der Waals surface area (Å²) >= 11 is 19.5. The second kappa shape index (κ2) is 11.2. The molecule has 34 heavy (non-hydrogen) atoms. The van der Waals surface area contributed by atoms with Crippen LogP contribution in [0, 0.1) is 0 Å². The molecule has 4 rings (SSSR count). The minimum absolute atomic E-state index is 0.235. The van der Waals surface area contributed by atoms with E-state index in [0.29, 0.717) is 55.5 Å². The molecule has 174 valence electrons. The predicted molar refractivity (Wildman–Crippen MR) is 141 cm³/mol. The van der Waals surface area contributed by atoms with Gasteiger partial charge in [0, 0.05) is 10.6 Å². The maximum absolute atomic E-state index is 12.5. The van der Waals surface area contributed by atoms with Crippen LogP contribution in [0.15, 0.2) is 70.6 Å². The number of carbonyl (C=O) groups is 1. The van der Waals surface area contributed by atoms with Crippen LogP contribution in [0.25, 0.3) is 6.08 Å². The first-order chi connectivity index (χ1) is 16.4. The molecule has 9 heteroatoms. The molecule has 0 saturated carbocycles. The molecule has 1 N–H and O–H groups in total. The molecular formula is C25H19Cl3N2O3S. The highest BCUT2D eigenvalue weighted by atomic mass is 35.5. The quantitative estimate of drug-likeness (QED) is 0.319. The number of aliphatic imine (C=N–C) groups is 1. The maximum atomic E-state index is 12.5. The van der Waals surface area contributed by atoms with E-state index >= 15 is 0 Å². The number of hydrogen-bond acceptors (Lipinski definition) is 5. The van der Waals surface area contributed by atoms with Gasteiger partial charge in [0.25, 0.3) is 5.91 Å². The van der Waals surface area contributed by atoms with E-state index in [4.69, 9.17) is 44.3 Å². The lowest BCUT2D eigenvalue weighted by molar-refractivity contribution is -0.115. The first-order valence-electron chi connectivity index (χ1n) is 10.3. The van der Waals surface area contributed by atoms with Crippen molar-refractivity contribution in [3.8, 4) is 11.5 Å². The molecule has 0 aromatic heterocycles. The van der Waals surface area contributed by atoms with Crippen molar-refractivity contribution in [3.05, 3.63) is 91.8 Å². The smallest absolute Gasteiger partial charge is 0.264 e. The third-order valence-corrected chi connectivity index (χ3v) is 6.71. The lowest BCUT2D eigenvalue weighted by atomic mass is 10.2. The van der Waals surface area contributed by atoms with Gasteiger partial charge in [-0.2, -0.15) is 0 Å². The zero-order chi connectivity index (χ0) is 24.1. The van der Waals surface area contributed by atoms with Crippen LogP contribution in [0.5, 0.6) is 11.5 Å². The summed E-state index contributed by atoms with van der Waals surface area (Å²) in [6, 6.07) is 18.1. The SMILES string of the molecule is CCOc1cc(C=C2SC(=Nc3ccc(Cl)c(Cl)c3)NC2=O)ccc1OCc1ccccc1Cl. The van der Waals surface area contributed by atoms with Gasteiger partial charge in [0.2, 0.25) is 0 Å². The Bertz CT molecular complexity index is 1290. The normalized spacial score (nSPS) is 15.6. The van der Waals surface area contributed by atoms with Crippen LogP contribution in [-0.4, -0.2) is 17.7 Å². The van der Waals surface area contributed by atoms with Crippen molar-refractivity contribution in [2.24, 2.45) is 4.99 Å². The van der Waals surface area contributed by atoms with Gasteiger partial charge in [-0.15, -0.1) is 0 Å². The Kier molecular flexibility index (Phi) is 8.06. The van der Waals surface area contributed by atoms with Gasteiger partial charge in [0.1, 0.15) is 6.61 Å². The third kappa shape index (κ3) is 6.07. The molecule has 3 aromatic rings. The summed E-state index contributed by atoms with van der Waals surface area (Å²) in [5.74, 6) is 0.937. The van der Waals surface area contributed by atoms with E-state index < -0.39 is 0 Å². The third-order valence-electron chi connectivity index (χ3n) is 4.69. The Balaban J connectivity index is 1.52. The zero-order valence-electron chi connectivity index (χ0n) is 18.0. The summed E-state index contributed by atoms with van der Waals surface area (Å²) < 4.78 is 11.7. The van der Waals surface area contributed by atoms with Gasteiger partial charge in [0.15, 0.2) is 16.7 Å².